The number of hydrogen-bond donors (Lipinski definition) is 1. The third-order valence-corrected chi connectivity index (χ3v) is 10.9. The van der Waals surface area contributed by atoms with Gasteiger partial charge in [-0.1, -0.05) is 97.6 Å². The molecule has 0 saturated heterocycles. The van der Waals surface area contributed by atoms with Gasteiger partial charge in [-0.3, -0.25) is 13.9 Å². The Balaban J connectivity index is 1.57. The minimum Gasteiger partial charge on any atom is -0.352 e. The van der Waals surface area contributed by atoms with Gasteiger partial charge in [0.15, 0.2) is 0 Å². The van der Waals surface area contributed by atoms with Crippen LogP contribution in [0.15, 0.2) is 108 Å². The van der Waals surface area contributed by atoms with E-state index in [1.54, 1.807) is 48.5 Å². The van der Waals surface area contributed by atoms with E-state index in [1.807, 2.05) is 56.3 Å². The number of hydrogen-bond acceptors (Lipinski definition) is 4. The fraction of sp³-hybridized carbons (Fsp3) is 0.316. The monoisotopic (exact) mass is 671 g/mol. The van der Waals surface area contributed by atoms with Crippen LogP contribution >= 0.6 is 11.6 Å². The summed E-state index contributed by atoms with van der Waals surface area (Å²) in [7, 11) is -4.16. The van der Waals surface area contributed by atoms with Gasteiger partial charge in [-0.25, -0.2) is 8.42 Å². The van der Waals surface area contributed by atoms with Crippen molar-refractivity contribution in [2.75, 3.05) is 10.8 Å². The van der Waals surface area contributed by atoms with Crippen LogP contribution in [0.2, 0.25) is 5.02 Å². The van der Waals surface area contributed by atoms with E-state index in [4.69, 9.17) is 11.6 Å². The molecule has 0 spiro atoms. The van der Waals surface area contributed by atoms with Gasteiger partial charge < -0.3 is 10.2 Å². The molecule has 1 atom stereocenters. The molecule has 1 N–H and O–H groups in total. The second-order valence-electron chi connectivity index (χ2n) is 12.3. The molecule has 0 aliphatic heterocycles. The highest BCUT2D eigenvalue weighted by atomic mass is 35.5. The molecule has 0 radical (unpaired) electrons. The maximum Gasteiger partial charge on any atom is 0.264 e. The molecule has 7 nitrogen and oxygen atoms in total. The molecule has 1 aliphatic rings. The van der Waals surface area contributed by atoms with Crippen molar-refractivity contribution in [3.05, 3.63) is 130 Å². The number of rotatable bonds is 12. The number of nitrogens with one attached hydrogen (secondary N) is 1. The van der Waals surface area contributed by atoms with Crippen molar-refractivity contribution >= 4 is 39.1 Å². The maximum atomic E-state index is 14.7. The van der Waals surface area contributed by atoms with E-state index in [2.05, 4.69) is 5.32 Å². The van der Waals surface area contributed by atoms with Gasteiger partial charge in [-0.05, 0) is 85.3 Å². The molecule has 1 aliphatic carbocycles. The van der Waals surface area contributed by atoms with Gasteiger partial charge in [-0.2, -0.15) is 0 Å². The van der Waals surface area contributed by atoms with Crippen LogP contribution in [0.4, 0.5) is 5.69 Å². The molecular weight excluding hydrogens is 630 g/mol. The summed E-state index contributed by atoms with van der Waals surface area (Å²) in [6.07, 6.45) is 5.28. The lowest BCUT2D eigenvalue weighted by Crippen LogP contribution is -2.55. The molecule has 2 amide bonds. The molecule has 0 aromatic heterocycles. The van der Waals surface area contributed by atoms with Crippen LogP contribution in [0.25, 0.3) is 0 Å². The molecule has 0 heterocycles. The van der Waals surface area contributed by atoms with Gasteiger partial charge in [0.1, 0.15) is 12.6 Å². The Bertz CT molecular complexity index is 1780. The van der Waals surface area contributed by atoms with E-state index in [9.17, 15) is 18.0 Å². The standard InChI is InChI=1S/C38H42ClN3O4S/c1-28-21-22-34(23-29(28)2)42(47(45,46)35-19-10-5-11-20-35)27-37(43)41(26-31-15-12-16-32(39)24-31)36(25-30-13-6-3-7-14-30)38(44)40-33-17-8-4-9-18-33/h3,5-7,10-16,19-24,33,36H,4,8-9,17-18,25-27H2,1-2H3,(H,40,44)/t36-/m0/s1. The first-order chi connectivity index (χ1) is 22.6. The predicted octanol–water partition coefficient (Wildman–Crippen LogP) is 7.24. The highest BCUT2D eigenvalue weighted by Gasteiger charge is 2.35. The summed E-state index contributed by atoms with van der Waals surface area (Å²) in [5.41, 5.74) is 3.90. The number of aryl methyl sites for hydroxylation is 2. The average Bonchev–Trinajstić information content (AvgIpc) is 3.07. The largest absolute Gasteiger partial charge is 0.352 e. The normalized spacial score (nSPS) is 14.3. The average molecular weight is 672 g/mol. The lowest BCUT2D eigenvalue weighted by Gasteiger charge is -2.35. The zero-order chi connectivity index (χ0) is 33.4. The topological polar surface area (TPSA) is 86.8 Å². The summed E-state index contributed by atoms with van der Waals surface area (Å²) in [5.74, 6) is -0.748. The Kier molecular flexibility index (Phi) is 11.4. The van der Waals surface area contributed by atoms with Gasteiger partial charge >= 0.3 is 0 Å². The molecule has 4 aromatic carbocycles. The Morgan fingerprint density at radius 2 is 1.47 bits per heavy atom. The first kappa shape index (κ1) is 34.2. The highest BCUT2D eigenvalue weighted by molar-refractivity contribution is 7.92. The van der Waals surface area contributed by atoms with E-state index >= 15 is 0 Å². The summed E-state index contributed by atoms with van der Waals surface area (Å²) in [6, 6.07) is 29.3. The van der Waals surface area contributed by atoms with Crippen LogP contribution in [0, 0.1) is 13.8 Å². The number of nitrogens with zero attached hydrogens (tertiary/aromatic N) is 2. The molecule has 9 heteroatoms. The maximum absolute atomic E-state index is 14.7. The number of carbonyl (C=O) groups excluding carboxylic acids is 2. The van der Waals surface area contributed by atoms with E-state index in [0.29, 0.717) is 10.7 Å². The zero-order valence-electron chi connectivity index (χ0n) is 26.9. The third-order valence-electron chi connectivity index (χ3n) is 8.85. The first-order valence-electron chi connectivity index (χ1n) is 16.1. The number of anilines is 1. The number of halogens is 1. The molecule has 1 fully saturated rings. The van der Waals surface area contributed by atoms with Gasteiger partial charge in [0.2, 0.25) is 11.8 Å². The molecule has 0 bridgehead atoms. The summed E-state index contributed by atoms with van der Waals surface area (Å²) in [4.78, 5) is 30.5. The molecule has 0 unspecified atom stereocenters. The van der Waals surface area contributed by atoms with Crippen LogP contribution in [-0.2, 0) is 32.6 Å². The van der Waals surface area contributed by atoms with E-state index in [0.717, 1.165) is 58.7 Å². The fourth-order valence-electron chi connectivity index (χ4n) is 6.06. The van der Waals surface area contributed by atoms with Crippen molar-refractivity contribution < 1.29 is 18.0 Å². The smallest absolute Gasteiger partial charge is 0.264 e. The summed E-state index contributed by atoms with van der Waals surface area (Å²) >= 11 is 6.36. The molecule has 5 rings (SSSR count). The minimum atomic E-state index is -4.16. The van der Waals surface area contributed by atoms with Gasteiger partial charge in [0.05, 0.1) is 10.6 Å². The van der Waals surface area contributed by atoms with Crippen molar-refractivity contribution in [2.24, 2.45) is 0 Å². The van der Waals surface area contributed by atoms with E-state index < -0.39 is 28.5 Å². The van der Waals surface area contributed by atoms with Crippen molar-refractivity contribution in [3.8, 4) is 0 Å². The van der Waals surface area contributed by atoms with Crippen molar-refractivity contribution in [3.63, 3.8) is 0 Å². The Morgan fingerprint density at radius 3 is 2.13 bits per heavy atom. The second-order valence-corrected chi connectivity index (χ2v) is 14.6. The van der Waals surface area contributed by atoms with Crippen LogP contribution < -0.4 is 9.62 Å². The Labute approximate surface area is 283 Å². The highest BCUT2D eigenvalue weighted by Crippen LogP contribution is 2.27. The second kappa shape index (κ2) is 15.6. The molecule has 47 heavy (non-hydrogen) atoms. The zero-order valence-corrected chi connectivity index (χ0v) is 28.5. The van der Waals surface area contributed by atoms with Gasteiger partial charge in [-0.15, -0.1) is 0 Å². The molecular formula is C38H42ClN3O4S. The van der Waals surface area contributed by atoms with E-state index in [1.165, 1.54) is 17.0 Å². The molecule has 4 aromatic rings. The fourth-order valence-corrected chi connectivity index (χ4v) is 7.70. The van der Waals surface area contributed by atoms with Gasteiger partial charge in [0.25, 0.3) is 10.0 Å². The Hall–Kier alpha value is -4.14. The van der Waals surface area contributed by atoms with Crippen molar-refractivity contribution in [1.29, 1.82) is 0 Å². The van der Waals surface area contributed by atoms with Crippen molar-refractivity contribution in [2.45, 2.75) is 75.9 Å². The summed E-state index contributed by atoms with van der Waals surface area (Å²) < 4.78 is 29.6. The predicted molar refractivity (Wildman–Crippen MR) is 188 cm³/mol. The van der Waals surface area contributed by atoms with Crippen LogP contribution in [-0.4, -0.2) is 43.8 Å². The van der Waals surface area contributed by atoms with Crippen LogP contribution in [0.3, 0.4) is 0 Å². The number of benzene rings is 4. The lowest BCUT2D eigenvalue weighted by atomic mass is 9.94. The lowest BCUT2D eigenvalue weighted by molar-refractivity contribution is -0.140. The summed E-state index contributed by atoms with van der Waals surface area (Å²) in [5, 5.41) is 3.74. The number of amides is 2. The number of sulfonamides is 1. The Morgan fingerprint density at radius 1 is 0.809 bits per heavy atom. The molecule has 1 saturated carbocycles. The first-order valence-corrected chi connectivity index (χ1v) is 18.0. The number of carbonyl (C=O) groups is 2. The third kappa shape index (κ3) is 8.82. The SMILES string of the molecule is Cc1ccc(N(CC(=O)N(Cc2cccc(Cl)c2)[C@@H](Cc2ccccc2)C(=O)NC2CCCCC2)S(=O)(=O)c2ccccc2)cc1C. The quantitative estimate of drug-likeness (QED) is 0.172. The van der Waals surface area contributed by atoms with Crippen LogP contribution in [0.1, 0.15) is 54.4 Å². The minimum absolute atomic E-state index is 0.0307. The molecule has 246 valence electrons. The van der Waals surface area contributed by atoms with E-state index in [-0.39, 0.29) is 29.8 Å². The summed E-state index contributed by atoms with van der Waals surface area (Å²) in [6.45, 7) is 3.43. The van der Waals surface area contributed by atoms with Gasteiger partial charge in [0, 0.05) is 24.0 Å². The van der Waals surface area contributed by atoms with Crippen LogP contribution in [0.5, 0.6) is 0 Å². The van der Waals surface area contributed by atoms with Crippen molar-refractivity contribution in [1.82, 2.24) is 10.2 Å².